The van der Waals surface area contributed by atoms with Gasteiger partial charge >= 0.3 is 0 Å². The lowest BCUT2D eigenvalue weighted by Gasteiger charge is -2.60. The van der Waals surface area contributed by atoms with Gasteiger partial charge in [-0.1, -0.05) is 19.8 Å². The summed E-state index contributed by atoms with van der Waals surface area (Å²) in [4.78, 5) is 0. The molecule has 1 heteroatoms. The summed E-state index contributed by atoms with van der Waals surface area (Å²) in [6.45, 7) is 2.29. The molecule has 0 amide bonds. The predicted octanol–water partition coefficient (Wildman–Crippen LogP) is 3.33. The largest absolute Gasteiger partial charge is 0.325 e. The van der Waals surface area contributed by atoms with Crippen LogP contribution in [0.4, 0.5) is 0 Å². The molecule has 0 unspecified atom stereocenters. The second kappa shape index (κ2) is 3.48. The van der Waals surface area contributed by atoms with Gasteiger partial charge in [0.2, 0.25) is 0 Å². The van der Waals surface area contributed by atoms with Crippen LogP contribution in [-0.2, 0) is 0 Å². The molecular weight excluding hydrogens is 182 g/mol. The SMILES string of the molecule is CCCCC1(N)[C@H]2C[C@H]3C[C@H](C2)C[C@H]1C3. The van der Waals surface area contributed by atoms with E-state index in [2.05, 4.69) is 6.92 Å². The van der Waals surface area contributed by atoms with Crippen LogP contribution in [0.3, 0.4) is 0 Å². The zero-order chi connectivity index (χ0) is 10.5. The fourth-order valence-electron chi connectivity index (χ4n) is 4.95. The predicted molar refractivity (Wildman–Crippen MR) is 63.5 cm³/mol. The molecule has 4 aliphatic carbocycles. The zero-order valence-corrected chi connectivity index (χ0v) is 10.0. The summed E-state index contributed by atoms with van der Waals surface area (Å²) in [5, 5.41) is 0. The van der Waals surface area contributed by atoms with Gasteiger partial charge in [-0.05, 0) is 62.2 Å². The number of nitrogens with two attached hydrogens (primary N) is 1. The first-order valence-corrected chi connectivity index (χ1v) is 7.01. The topological polar surface area (TPSA) is 26.0 Å². The first-order chi connectivity index (χ1) is 7.22. The zero-order valence-electron chi connectivity index (χ0n) is 10.0. The third-order valence-corrected chi connectivity index (χ3v) is 5.62. The lowest BCUT2D eigenvalue weighted by molar-refractivity contribution is -0.0594. The van der Waals surface area contributed by atoms with Crippen LogP contribution < -0.4 is 5.73 Å². The Bertz CT molecular complexity index is 218. The Morgan fingerprint density at radius 1 is 1.00 bits per heavy atom. The molecule has 0 aromatic carbocycles. The molecular formula is C14H25N. The van der Waals surface area contributed by atoms with E-state index in [1.54, 1.807) is 0 Å². The van der Waals surface area contributed by atoms with Crippen LogP contribution in [0.5, 0.6) is 0 Å². The Labute approximate surface area is 93.8 Å². The Morgan fingerprint density at radius 2 is 1.53 bits per heavy atom. The molecule has 1 nitrogen and oxygen atoms in total. The van der Waals surface area contributed by atoms with Crippen molar-refractivity contribution in [3.05, 3.63) is 0 Å². The molecule has 4 bridgehead atoms. The summed E-state index contributed by atoms with van der Waals surface area (Å²) in [7, 11) is 0. The van der Waals surface area contributed by atoms with Crippen molar-refractivity contribution >= 4 is 0 Å². The second-order valence-electron chi connectivity index (χ2n) is 6.52. The lowest BCUT2D eigenvalue weighted by atomic mass is 9.48. The van der Waals surface area contributed by atoms with Crippen LogP contribution in [0.15, 0.2) is 0 Å². The maximum atomic E-state index is 6.78. The highest BCUT2D eigenvalue weighted by Gasteiger charge is 2.54. The summed E-state index contributed by atoms with van der Waals surface area (Å²) in [6, 6.07) is 0. The number of hydrogen-bond acceptors (Lipinski definition) is 1. The summed E-state index contributed by atoms with van der Waals surface area (Å²) in [6.07, 6.45) is 11.4. The highest BCUT2D eigenvalue weighted by Crippen LogP contribution is 2.58. The van der Waals surface area contributed by atoms with Gasteiger partial charge < -0.3 is 5.73 Å². The van der Waals surface area contributed by atoms with Gasteiger partial charge in [-0.2, -0.15) is 0 Å². The third kappa shape index (κ3) is 1.46. The van der Waals surface area contributed by atoms with Crippen molar-refractivity contribution in [2.24, 2.45) is 29.4 Å². The summed E-state index contributed by atoms with van der Waals surface area (Å²) >= 11 is 0. The Balaban J connectivity index is 1.78. The molecule has 4 saturated carbocycles. The van der Waals surface area contributed by atoms with Crippen molar-refractivity contribution in [3.63, 3.8) is 0 Å². The second-order valence-corrected chi connectivity index (χ2v) is 6.52. The van der Waals surface area contributed by atoms with Crippen molar-refractivity contribution < 1.29 is 0 Å². The average Bonchev–Trinajstić information content (AvgIpc) is 2.22. The molecule has 0 spiro atoms. The van der Waals surface area contributed by atoms with Crippen molar-refractivity contribution in [1.82, 2.24) is 0 Å². The highest BCUT2D eigenvalue weighted by molar-refractivity contribution is 5.09. The average molecular weight is 207 g/mol. The molecule has 86 valence electrons. The fraction of sp³-hybridized carbons (Fsp3) is 1.00. The highest BCUT2D eigenvalue weighted by atomic mass is 14.8. The molecule has 0 heterocycles. The van der Waals surface area contributed by atoms with Crippen LogP contribution in [-0.4, -0.2) is 5.54 Å². The van der Waals surface area contributed by atoms with Gasteiger partial charge in [0.25, 0.3) is 0 Å². The number of rotatable bonds is 3. The third-order valence-electron chi connectivity index (χ3n) is 5.62. The van der Waals surface area contributed by atoms with Gasteiger partial charge in [0.1, 0.15) is 0 Å². The number of unbranched alkanes of at least 4 members (excludes halogenated alkanes) is 1. The molecule has 0 radical (unpaired) electrons. The normalized spacial score (nSPS) is 52.4. The van der Waals surface area contributed by atoms with Gasteiger partial charge in [-0.25, -0.2) is 0 Å². The molecule has 0 aromatic rings. The standard InChI is InChI=1S/C14H25N/c1-2-3-4-14(15)12-6-10-5-11(8-12)9-13(14)7-10/h10-13H,2-9,15H2,1H3/t10-,11-,12-,13+,14?. The maximum absolute atomic E-state index is 6.78. The molecule has 4 aliphatic rings. The minimum Gasteiger partial charge on any atom is -0.325 e. The van der Waals surface area contributed by atoms with E-state index in [0.717, 1.165) is 23.7 Å². The molecule has 2 N–H and O–H groups in total. The fourth-order valence-corrected chi connectivity index (χ4v) is 4.95. The van der Waals surface area contributed by atoms with E-state index < -0.39 is 0 Å². The monoisotopic (exact) mass is 207 g/mol. The number of hydrogen-bond donors (Lipinski definition) is 1. The smallest absolute Gasteiger partial charge is 0.0211 e. The van der Waals surface area contributed by atoms with Crippen molar-refractivity contribution in [2.75, 3.05) is 0 Å². The van der Waals surface area contributed by atoms with Crippen LogP contribution in [0.1, 0.15) is 58.3 Å². The maximum Gasteiger partial charge on any atom is 0.0211 e. The molecule has 4 rings (SSSR count). The van der Waals surface area contributed by atoms with E-state index in [4.69, 9.17) is 5.73 Å². The summed E-state index contributed by atoms with van der Waals surface area (Å²) < 4.78 is 0. The first-order valence-electron chi connectivity index (χ1n) is 7.01. The van der Waals surface area contributed by atoms with E-state index >= 15 is 0 Å². The Morgan fingerprint density at radius 3 is 2.00 bits per heavy atom. The van der Waals surface area contributed by atoms with Crippen molar-refractivity contribution in [2.45, 2.75) is 63.8 Å². The van der Waals surface area contributed by atoms with Gasteiger partial charge in [0.05, 0.1) is 0 Å². The van der Waals surface area contributed by atoms with Crippen LogP contribution >= 0.6 is 0 Å². The minimum absolute atomic E-state index is 0.253. The molecule has 0 aromatic heterocycles. The van der Waals surface area contributed by atoms with Crippen LogP contribution in [0, 0.1) is 23.7 Å². The lowest BCUT2D eigenvalue weighted by Crippen LogP contribution is -2.62. The van der Waals surface area contributed by atoms with E-state index in [1.165, 1.54) is 51.4 Å². The van der Waals surface area contributed by atoms with Gasteiger partial charge in [-0.3, -0.25) is 0 Å². The van der Waals surface area contributed by atoms with E-state index in [1.807, 2.05) is 0 Å². The molecule has 0 saturated heterocycles. The molecule has 0 aliphatic heterocycles. The van der Waals surface area contributed by atoms with Gasteiger partial charge in [0, 0.05) is 5.54 Å². The van der Waals surface area contributed by atoms with Gasteiger partial charge in [-0.15, -0.1) is 0 Å². The van der Waals surface area contributed by atoms with Gasteiger partial charge in [0.15, 0.2) is 0 Å². The molecule has 0 atom stereocenters. The quantitative estimate of drug-likeness (QED) is 0.754. The molecule has 4 fully saturated rings. The molecule has 15 heavy (non-hydrogen) atoms. The van der Waals surface area contributed by atoms with Crippen LogP contribution in [0.25, 0.3) is 0 Å². The summed E-state index contributed by atoms with van der Waals surface area (Å²) in [5.74, 6) is 3.90. The van der Waals surface area contributed by atoms with Crippen molar-refractivity contribution in [3.8, 4) is 0 Å². The Hall–Kier alpha value is -0.0400. The van der Waals surface area contributed by atoms with E-state index in [-0.39, 0.29) is 5.54 Å². The minimum atomic E-state index is 0.253. The van der Waals surface area contributed by atoms with Crippen LogP contribution in [0.2, 0.25) is 0 Å². The van der Waals surface area contributed by atoms with E-state index in [0.29, 0.717) is 0 Å². The Kier molecular flexibility index (Phi) is 2.35. The summed E-state index contributed by atoms with van der Waals surface area (Å²) in [5.41, 5.74) is 7.03. The van der Waals surface area contributed by atoms with E-state index in [9.17, 15) is 0 Å². The van der Waals surface area contributed by atoms with Crippen molar-refractivity contribution in [1.29, 1.82) is 0 Å². The first kappa shape index (κ1) is 10.1.